The molecule has 0 saturated carbocycles. The SMILES string of the molecule is COc1cc(/C=N/n2cnnc2-n2nc(C)cc2C)cc(Br)c1O. The van der Waals surface area contributed by atoms with E-state index in [1.54, 1.807) is 23.0 Å². The number of halogens is 1. The van der Waals surface area contributed by atoms with Gasteiger partial charge in [0, 0.05) is 5.69 Å². The first-order chi connectivity index (χ1) is 11.5. The Labute approximate surface area is 146 Å². The number of hydrogen-bond acceptors (Lipinski definition) is 6. The van der Waals surface area contributed by atoms with Crippen molar-refractivity contribution in [1.29, 1.82) is 0 Å². The number of phenols is 1. The molecule has 3 aromatic rings. The molecule has 1 aromatic carbocycles. The van der Waals surface area contributed by atoms with Gasteiger partial charge in [0.25, 0.3) is 5.95 Å². The predicted octanol–water partition coefficient (Wildman–Crippen LogP) is 2.44. The highest BCUT2D eigenvalue weighted by molar-refractivity contribution is 9.10. The van der Waals surface area contributed by atoms with Gasteiger partial charge in [-0.05, 0) is 53.5 Å². The normalized spacial score (nSPS) is 11.3. The summed E-state index contributed by atoms with van der Waals surface area (Å²) in [6.07, 6.45) is 3.11. The Hall–Kier alpha value is -2.68. The molecule has 0 radical (unpaired) electrons. The number of methoxy groups -OCH3 is 1. The molecule has 2 aromatic heterocycles. The molecule has 3 rings (SSSR count). The third-order valence-electron chi connectivity index (χ3n) is 3.31. The topological polar surface area (TPSA) is 90.4 Å². The van der Waals surface area contributed by atoms with Crippen molar-refractivity contribution in [3.8, 4) is 17.4 Å². The lowest BCUT2D eigenvalue weighted by Gasteiger charge is -2.06. The van der Waals surface area contributed by atoms with Crippen LogP contribution in [0, 0.1) is 13.8 Å². The van der Waals surface area contributed by atoms with Crippen LogP contribution in [0.2, 0.25) is 0 Å². The Kier molecular flexibility index (Phi) is 4.34. The molecule has 1 N–H and O–H groups in total. The van der Waals surface area contributed by atoms with Gasteiger partial charge in [0.05, 0.1) is 23.5 Å². The zero-order chi connectivity index (χ0) is 17.3. The summed E-state index contributed by atoms with van der Waals surface area (Å²) in [7, 11) is 1.49. The number of ether oxygens (including phenoxy) is 1. The van der Waals surface area contributed by atoms with Gasteiger partial charge in [-0.25, -0.2) is 4.68 Å². The molecular formula is C15H15BrN6O2. The minimum atomic E-state index is 0.0438. The number of rotatable bonds is 4. The van der Waals surface area contributed by atoms with Crippen LogP contribution in [0.3, 0.4) is 0 Å². The van der Waals surface area contributed by atoms with Crippen molar-refractivity contribution < 1.29 is 9.84 Å². The van der Waals surface area contributed by atoms with Gasteiger partial charge in [0.2, 0.25) is 0 Å². The average molecular weight is 391 g/mol. The standard InChI is InChI=1S/C15H15BrN6O2/c1-9-4-10(2)22(20-9)15-19-17-8-21(15)18-7-11-5-12(16)14(23)13(6-11)24-3/h4-8,23H,1-3H3/b18-7+. The van der Waals surface area contributed by atoms with Gasteiger partial charge in [0.1, 0.15) is 6.33 Å². The molecule has 0 aliphatic rings. The summed E-state index contributed by atoms with van der Waals surface area (Å²) in [5.74, 6) is 0.886. The van der Waals surface area contributed by atoms with Gasteiger partial charge in [0.15, 0.2) is 11.5 Å². The summed E-state index contributed by atoms with van der Waals surface area (Å²) >= 11 is 3.28. The van der Waals surface area contributed by atoms with E-state index in [-0.39, 0.29) is 5.75 Å². The summed E-state index contributed by atoms with van der Waals surface area (Å²) in [6, 6.07) is 5.36. The van der Waals surface area contributed by atoms with E-state index < -0.39 is 0 Å². The first-order valence-corrected chi connectivity index (χ1v) is 7.83. The first-order valence-electron chi connectivity index (χ1n) is 7.04. The van der Waals surface area contributed by atoms with Crippen LogP contribution in [-0.4, -0.2) is 43.1 Å². The van der Waals surface area contributed by atoms with E-state index in [0.29, 0.717) is 16.2 Å². The van der Waals surface area contributed by atoms with Crippen LogP contribution in [0.4, 0.5) is 0 Å². The highest BCUT2D eigenvalue weighted by Gasteiger charge is 2.11. The molecule has 0 amide bonds. The maximum atomic E-state index is 9.85. The number of nitrogens with zero attached hydrogens (tertiary/aromatic N) is 6. The average Bonchev–Trinajstić information content (AvgIpc) is 3.13. The summed E-state index contributed by atoms with van der Waals surface area (Å²) in [4.78, 5) is 0. The molecule has 0 bridgehead atoms. The number of aromatic nitrogens is 5. The van der Waals surface area contributed by atoms with Crippen LogP contribution in [0.1, 0.15) is 17.0 Å². The Morgan fingerprint density at radius 2 is 2.08 bits per heavy atom. The van der Waals surface area contributed by atoms with E-state index in [4.69, 9.17) is 4.74 Å². The minimum absolute atomic E-state index is 0.0438. The van der Waals surface area contributed by atoms with Gasteiger partial charge in [-0.3, -0.25) is 0 Å². The van der Waals surface area contributed by atoms with E-state index in [1.807, 2.05) is 19.9 Å². The fourth-order valence-electron chi connectivity index (χ4n) is 2.23. The highest BCUT2D eigenvalue weighted by Crippen LogP contribution is 2.34. The summed E-state index contributed by atoms with van der Waals surface area (Å²) < 4.78 is 8.84. The van der Waals surface area contributed by atoms with Gasteiger partial charge in [-0.1, -0.05) is 0 Å². The largest absolute Gasteiger partial charge is 0.503 e. The maximum Gasteiger partial charge on any atom is 0.273 e. The van der Waals surface area contributed by atoms with Gasteiger partial charge < -0.3 is 9.84 Å². The molecule has 0 saturated heterocycles. The summed E-state index contributed by atoms with van der Waals surface area (Å²) in [5, 5.41) is 26.5. The van der Waals surface area contributed by atoms with Crippen molar-refractivity contribution >= 4 is 22.1 Å². The van der Waals surface area contributed by atoms with E-state index in [2.05, 4.69) is 36.3 Å². The zero-order valence-corrected chi connectivity index (χ0v) is 14.9. The van der Waals surface area contributed by atoms with Crippen molar-refractivity contribution in [2.45, 2.75) is 13.8 Å². The second-order valence-corrected chi connectivity index (χ2v) is 5.97. The quantitative estimate of drug-likeness (QED) is 0.690. The summed E-state index contributed by atoms with van der Waals surface area (Å²) in [5.41, 5.74) is 2.56. The number of hydrogen-bond donors (Lipinski definition) is 1. The summed E-state index contributed by atoms with van der Waals surface area (Å²) in [6.45, 7) is 3.85. The molecule has 24 heavy (non-hydrogen) atoms. The maximum absolute atomic E-state index is 9.85. The third-order valence-corrected chi connectivity index (χ3v) is 3.92. The molecule has 9 heteroatoms. The zero-order valence-electron chi connectivity index (χ0n) is 13.3. The Morgan fingerprint density at radius 1 is 1.29 bits per heavy atom. The van der Waals surface area contributed by atoms with Gasteiger partial charge >= 0.3 is 0 Å². The fourth-order valence-corrected chi connectivity index (χ4v) is 2.69. The molecule has 0 aliphatic carbocycles. The number of phenolic OH excluding ortho intramolecular Hbond substituents is 1. The second kappa shape index (κ2) is 6.44. The van der Waals surface area contributed by atoms with Gasteiger partial charge in [-0.15, -0.1) is 10.2 Å². The molecule has 0 fully saturated rings. The predicted molar refractivity (Wildman–Crippen MR) is 92.0 cm³/mol. The lowest BCUT2D eigenvalue weighted by atomic mass is 10.2. The van der Waals surface area contributed by atoms with Gasteiger partial charge in [-0.2, -0.15) is 14.9 Å². The van der Waals surface area contributed by atoms with Crippen molar-refractivity contribution in [2.24, 2.45) is 5.10 Å². The molecule has 0 aliphatic heterocycles. The second-order valence-electron chi connectivity index (χ2n) is 5.11. The van der Waals surface area contributed by atoms with Crippen LogP contribution in [0.5, 0.6) is 11.5 Å². The van der Waals surface area contributed by atoms with Crippen molar-refractivity contribution in [2.75, 3.05) is 7.11 Å². The Bertz CT molecular complexity index is 915. The van der Waals surface area contributed by atoms with E-state index in [0.717, 1.165) is 17.0 Å². The van der Waals surface area contributed by atoms with E-state index in [1.165, 1.54) is 18.1 Å². The first kappa shape index (κ1) is 16.2. The highest BCUT2D eigenvalue weighted by atomic mass is 79.9. The molecule has 8 nitrogen and oxygen atoms in total. The molecule has 0 atom stereocenters. The van der Waals surface area contributed by atoms with Crippen molar-refractivity contribution in [3.05, 3.63) is 46.0 Å². The van der Waals surface area contributed by atoms with Crippen LogP contribution < -0.4 is 4.74 Å². The van der Waals surface area contributed by atoms with Crippen LogP contribution >= 0.6 is 15.9 Å². The minimum Gasteiger partial charge on any atom is -0.503 e. The van der Waals surface area contributed by atoms with Crippen LogP contribution in [0.25, 0.3) is 5.95 Å². The Balaban J connectivity index is 1.96. The van der Waals surface area contributed by atoms with Crippen LogP contribution in [0.15, 0.2) is 34.1 Å². The van der Waals surface area contributed by atoms with Crippen molar-refractivity contribution in [1.82, 2.24) is 24.7 Å². The lowest BCUT2D eigenvalue weighted by Crippen LogP contribution is -2.06. The fraction of sp³-hybridized carbons (Fsp3) is 0.200. The number of aromatic hydroxyl groups is 1. The number of benzene rings is 1. The number of aryl methyl sites for hydroxylation is 2. The van der Waals surface area contributed by atoms with Crippen LogP contribution in [-0.2, 0) is 0 Å². The smallest absolute Gasteiger partial charge is 0.273 e. The monoisotopic (exact) mass is 390 g/mol. The molecule has 2 heterocycles. The third kappa shape index (κ3) is 3.02. The molecule has 0 spiro atoms. The molecule has 0 unspecified atom stereocenters. The van der Waals surface area contributed by atoms with E-state index >= 15 is 0 Å². The molecule has 124 valence electrons. The Morgan fingerprint density at radius 3 is 2.75 bits per heavy atom. The van der Waals surface area contributed by atoms with E-state index in [9.17, 15) is 5.11 Å². The van der Waals surface area contributed by atoms with Crippen molar-refractivity contribution in [3.63, 3.8) is 0 Å². The lowest BCUT2D eigenvalue weighted by molar-refractivity contribution is 0.372. The molecular weight excluding hydrogens is 376 g/mol.